The van der Waals surface area contributed by atoms with E-state index in [-0.39, 0.29) is 17.5 Å². The number of rotatable bonds is 4. The Morgan fingerprint density at radius 2 is 1.74 bits per heavy atom. The number of aromatic nitrogens is 3. The maximum absolute atomic E-state index is 14.9. The zero-order valence-electron chi connectivity index (χ0n) is 20.0. The van der Waals surface area contributed by atoms with Crippen molar-refractivity contribution >= 4 is 17.5 Å². The van der Waals surface area contributed by atoms with E-state index in [1.807, 2.05) is 30.3 Å². The quantitative estimate of drug-likeness (QED) is 0.609. The molecule has 1 fully saturated rings. The predicted molar refractivity (Wildman–Crippen MR) is 131 cm³/mol. The first-order chi connectivity index (χ1) is 17.0. The fourth-order valence-electron chi connectivity index (χ4n) is 5.31. The summed E-state index contributed by atoms with van der Waals surface area (Å²) < 4.78 is 17.0. The molecule has 0 saturated carbocycles. The number of fused-ring (bicyclic) bond motifs is 1. The summed E-state index contributed by atoms with van der Waals surface area (Å²) in [7, 11) is 0. The Morgan fingerprint density at radius 1 is 0.971 bits per heavy atom. The molecular formula is C27H30FN5O2. The lowest BCUT2D eigenvalue weighted by atomic mass is 9.72. The first-order valence-electron chi connectivity index (χ1n) is 12.3. The van der Waals surface area contributed by atoms with Crippen LogP contribution in [0.4, 0.5) is 10.1 Å². The van der Waals surface area contributed by atoms with Gasteiger partial charge in [0.15, 0.2) is 5.82 Å². The molecule has 0 aliphatic carbocycles. The van der Waals surface area contributed by atoms with Gasteiger partial charge in [0.1, 0.15) is 11.6 Å². The van der Waals surface area contributed by atoms with E-state index in [2.05, 4.69) is 20.1 Å². The van der Waals surface area contributed by atoms with Gasteiger partial charge >= 0.3 is 0 Å². The minimum atomic E-state index is -0.846. The number of hydrogen-bond donors (Lipinski definition) is 1. The molecule has 182 valence electrons. The van der Waals surface area contributed by atoms with Crippen molar-refractivity contribution in [1.29, 1.82) is 0 Å². The summed E-state index contributed by atoms with van der Waals surface area (Å²) >= 11 is 0. The van der Waals surface area contributed by atoms with Crippen molar-refractivity contribution in [1.82, 2.24) is 19.7 Å². The summed E-state index contributed by atoms with van der Waals surface area (Å²) in [5, 5.41) is 11.6. The lowest BCUT2D eigenvalue weighted by molar-refractivity contribution is -0.133. The number of carbonyl (C=O) groups excluding carboxylic acids is 2. The molecule has 1 aromatic heterocycles. The van der Waals surface area contributed by atoms with Gasteiger partial charge < -0.3 is 14.8 Å². The van der Waals surface area contributed by atoms with Crippen LogP contribution < -0.4 is 5.32 Å². The van der Waals surface area contributed by atoms with Gasteiger partial charge in [0.05, 0.1) is 11.1 Å². The summed E-state index contributed by atoms with van der Waals surface area (Å²) in [5.74, 6) is 0.890. The molecule has 2 aromatic carbocycles. The van der Waals surface area contributed by atoms with Gasteiger partial charge in [0.2, 0.25) is 11.8 Å². The van der Waals surface area contributed by atoms with Gasteiger partial charge in [-0.05, 0) is 49.4 Å². The lowest BCUT2D eigenvalue weighted by Gasteiger charge is -2.40. The van der Waals surface area contributed by atoms with Crippen LogP contribution in [-0.4, -0.2) is 44.6 Å². The number of carbonyl (C=O) groups is 2. The predicted octanol–water partition coefficient (Wildman–Crippen LogP) is 4.33. The van der Waals surface area contributed by atoms with Crippen LogP contribution in [0, 0.1) is 5.82 Å². The fraction of sp³-hybridized carbons (Fsp3) is 0.407. The van der Waals surface area contributed by atoms with Crippen LogP contribution >= 0.6 is 0 Å². The zero-order valence-corrected chi connectivity index (χ0v) is 20.0. The van der Waals surface area contributed by atoms with E-state index in [1.165, 1.54) is 6.07 Å². The summed E-state index contributed by atoms with van der Waals surface area (Å²) in [6.45, 7) is 3.33. The van der Waals surface area contributed by atoms with Crippen LogP contribution in [0.15, 0.2) is 48.5 Å². The van der Waals surface area contributed by atoms with Crippen LogP contribution in [0.3, 0.4) is 0 Å². The first-order valence-corrected chi connectivity index (χ1v) is 12.3. The third-order valence-electron chi connectivity index (χ3n) is 7.41. The topological polar surface area (TPSA) is 80.1 Å². The highest BCUT2D eigenvalue weighted by molar-refractivity contribution is 6.00. The van der Waals surface area contributed by atoms with Crippen LogP contribution in [0.5, 0.6) is 0 Å². The van der Waals surface area contributed by atoms with Crippen molar-refractivity contribution in [3.8, 4) is 11.4 Å². The van der Waals surface area contributed by atoms with E-state index in [1.54, 1.807) is 24.0 Å². The first kappa shape index (κ1) is 23.2. The molecule has 3 heterocycles. The molecule has 3 aromatic rings. The molecular weight excluding hydrogens is 445 g/mol. The smallest absolute Gasteiger partial charge is 0.235 e. The Morgan fingerprint density at radius 3 is 2.49 bits per heavy atom. The van der Waals surface area contributed by atoms with Crippen LogP contribution in [0.2, 0.25) is 0 Å². The Balaban J connectivity index is 1.45. The van der Waals surface area contributed by atoms with Gasteiger partial charge in [-0.1, -0.05) is 36.8 Å². The van der Waals surface area contributed by atoms with Gasteiger partial charge in [-0.3, -0.25) is 9.59 Å². The standard InChI is InChI=1S/C27H30FN5O2/c1-19(34)32-16-13-27(14-17-32,21-8-4-2-5-9-21)26(35)29-23-18-20(11-12-22(23)28)25-31-30-24-10-6-3-7-15-33(24)25/h2,4-5,8-9,11-12,18H,3,6-7,10,13-17H2,1H3,(H,29,35). The van der Waals surface area contributed by atoms with E-state index in [9.17, 15) is 14.0 Å². The number of hydrogen-bond acceptors (Lipinski definition) is 4. The van der Waals surface area contributed by atoms with Gasteiger partial charge in [-0.2, -0.15) is 0 Å². The number of nitrogens with zero attached hydrogens (tertiary/aromatic N) is 4. The van der Waals surface area contributed by atoms with Gasteiger partial charge in [-0.25, -0.2) is 4.39 Å². The second kappa shape index (κ2) is 9.60. The molecule has 5 rings (SSSR count). The highest BCUT2D eigenvalue weighted by Gasteiger charge is 2.43. The number of nitrogens with one attached hydrogen (secondary N) is 1. The average Bonchev–Trinajstić information content (AvgIpc) is 3.13. The van der Waals surface area contributed by atoms with E-state index in [0.717, 1.165) is 49.2 Å². The van der Waals surface area contributed by atoms with E-state index >= 15 is 0 Å². The molecule has 0 spiro atoms. The molecule has 2 aliphatic heterocycles. The number of anilines is 1. The summed E-state index contributed by atoms with van der Waals surface area (Å²) in [4.78, 5) is 27.4. The van der Waals surface area contributed by atoms with Crippen molar-refractivity contribution in [2.45, 2.75) is 57.4 Å². The SMILES string of the molecule is CC(=O)N1CCC(C(=O)Nc2cc(-c3nnc4n3CCCCC4)ccc2F)(c2ccccc2)CC1. The van der Waals surface area contributed by atoms with E-state index < -0.39 is 11.2 Å². The van der Waals surface area contributed by atoms with Crippen LogP contribution in [0.1, 0.15) is 50.4 Å². The summed E-state index contributed by atoms with van der Waals surface area (Å²) in [6.07, 6.45) is 5.12. The largest absolute Gasteiger partial charge is 0.343 e. The molecule has 35 heavy (non-hydrogen) atoms. The van der Waals surface area contributed by atoms with Gasteiger partial charge in [-0.15, -0.1) is 10.2 Å². The van der Waals surface area contributed by atoms with E-state index in [0.29, 0.717) is 31.8 Å². The Kier molecular flexibility index (Phi) is 6.36. The third kappa shape index (κ3) is 4.45. The Hall–Kier alpha value is -3.55. The second-order valence-electron chi connectivity index (χ2n) is 9.51. The number of benzene rings is 2. The maximum atomic E-state index is 14.9. The van der Waals surface area contributed by atoms with Crippen molar-refractivity contribution in [2.75, 3.05) is 18.4 Å². The number of halogens is 1. The van der Waals surface area contributed by atoms with Gasteiger partial charge in [0, 0.05) is 38.5 Å². The second-order valence-corrected chi connectivity index (χ2v) is 9.51. The van der Waals surface area contributed by atoms with Crippen LogP contribution in [-0.2, 0) is 28.0 Å². The van der Waals surface area contributed by atoms with Crippen molar-refractivity contribution in [3.63, 3.8) is 0 Å². The molecule has 1 N–H and O–H groups in total. The summed E-state index contributed by atoms with van der Waals surface area (Å²) in [6, 6.07) is 14.3. The average molecular weight is 476 g/mol. The van der Waals surface area contributed by atoms with Crippen molar-refractivity contribution in [3.05, 3.63) is 65.7 Å². The molecule has 0 bridgehead atoms. The minimum absolute atomic E-state index is 0.00162. The highest BCUT2D eigenvalue weighted by atomic mass is 19.1. The van der Waals surface area contributed by atoms with Crippen molar-refractivity contribution < 1.29 is 14.0 Å². The van der Waals surface area contributed by atoms with Gasteiger partial charge in [0.25, 0.3) is 0 Å². The van der Waals surface area contributed by atoms with Crippen molar-refractivity contribution in [2.24, 2.45) is 0 Å². The third-order valence-corrected chi connectivity index (χ3v) is 7.41. The number of likely N-dealkylation sites (tertiary alicyclic amines) is 1. The maximum Gasteiger partial charge on any atom is 0.235 e. The van der Waals surface area contributed by atoms with Crippen LogP contribution in [0.25, 0.3) is 11.4 Å². The zero-order chi connectivity index (χ0) is 24.4. The molecule has 0 atom stereocenters. The molecule has 0 radical (unpaired) electrons. The lowest BCUT2D eigenvalue weighted by Crippen LogP contribution is -2.50. The minimum Gasteiger partial charge on any atom is -0.343 e. The monoisotopic (exact) mass is 475 g/mol. The molecule has 0 unspecified atom stereocenters. The normalized spacial score (nSPS) is 17.4. The molecule has 8 heteroatoms. The molecule has 7 nitrogen and oxygen atoms in total. The fourth-order valence-corrected chi connectivity index (χ4v) is 5.31. The number of amides is 2. The van der Waals surface area contributed by atoms with E-state index in [4.69, 9.17) is 0 Å². The Labute approximate surface area is 204 Å². The summed E-state index contributed by atoms with van der Waals surface area (Å²) in [5.41, 5.74) is 0.882. The molecule has 2 aliphatic rings. The number of aryl methyl sites for hydroxylation is 1. The highest BCUT2D eigenvalue weighted by Crippen LogP contribution is 2.37. The molecule has 2 amide bonds. The Bertz CT molecular complexity index is 1230. The molecule has 1 saturated heterocycles. The number of piperidine rings is 1.